The van der Waals surface area contributed by atoms with Crippen molar-refractivity contribution in [2.24, 2.45) is 0 Å². The Balaban J connectivity index is 1.77. The SMILES string of the molecule is O=C1CNCCN1c1ccc(F)c(OCc2ccc(Cl)cc2F)c1. The number of nitrogens with one attached hydrogen (secondary N) is 1. The highest BCUT2D eigenvalue weighted by atomic mass is 35.5. The van der Waals surface area contributed by atoms with Gasteiger partial charge in [-0.05, 0) is 24.3 Å². The number of halogens is 3. The zero-order valence-corrected chi connectivity index (χ0v) is 13.4. The Morgan fingerprint density at radius 3 is 2.75 bits per heavy atom. The number of ether oxygens (including phenoxy) is 1. The highest BCUT2D eigenvalue weighted by Crippen LogP contribution is 2.26. The van der Waals surface area contributed by atoms with E-state index in [4.69, 9.17) is 16.3 Å². The molecule has 1 amide bonds. The lowest BCUT2D eigenvalue weighted by molar-refractivity contribution is -0.118. The van der Waals surface area contributed by atoms with Gasteiger partial charge in [0.15, 0.2) is 11.6 Å². The van der Waals surface area contributed by atoms with Gasteiger partial charge in [0.1, 0.15) is 12.4 Å². The van der Waals surface area contributed by atoms with Crippen molar-refractivity contribution >= 4 is 23.2 Å². The van der Waals surface area contributed by atoms with Gasteiger partial charge in [0.25, 0.3) is 0 Å². The zero-order valence-electron chi connectivity index (χ0n) is 12.7. The predicted octanol–water partition coefficient (Wildman–Crippen LogP) is 3.13. The van der Waals surface area contributed by atoms with Gasteiger partial charge in [0, 0.05) is 35.4 Å². The van der Waals surface area contributed by atoms with E-state index < -0.39 is 11.6 Å². The normalized spacial score (nSPS) is 14.8. The summed E-state index contributed by atoms with van der Waals surface area (Å²) in [6.45, 7) is 1.26. The quantitative estimate of drug-likeness (QED) is 0.919. The van der Waals surface area contributed by atoms with E-state index in [1.807, 2.05) is 0 Å². The van der Waals surface area contributed by atoms with Crippen LogP contribution >= 0.6 is 11.6 Å². The number of piperazine rings is 1. The first-order valence-corrected chi connectivity index (χ1v) is 7.80. The maximum atomic E-state index is 13.9. The molecule has 126 valence electrons. The molecule has 0 bridgehead atoms. The van der Waals surface area contributed by atoms with E-state index in [1.165, 1.54) is 36.4 Å². The fourth-order valence-corrected chi connectivity index (χ4v) is 2.60. The minimum absolute atomic E-state index is 0.0341. The third kappa shape index (κ3) is 3.66. The van der Waals surface area contributed by atoms with Gasteiger partial charge in [0.05, 0.1) is 6.54 Å². The summed E-state index contributed by atoms with van der Waals surface area (Å²) < 4.78 is 33.1. The molecule has 1 fully saturated rings. The summed E-state index contributed by atoms with van der Waals surface area (Å²) in [5.41, 5.74) is 0.817. The van der Waals surface area contributed by atoms with Crippen LogP contribution in [0.2, 0.25) is 5.02 Å². The zero-order chi connectivity index (χ0) is 17.1. The molecule has 1 N–H and O–H groups in total. The van der Waals surface area contributed by atoms with Crippen molar-refractivity contribution in [3.63, 3.8) is 0 Å². The van der Waals surface area contributed by atoms with Crippen LogP contribution in [0.3, 0.4) is 0 Å². The first-order valence-electron chi connectivity index (χ1n) is 7.42. The van der Waals surface area contributed by atoms with Gasteiger partial charge in [-0.15, -0.1) is 0 Å². The number of amides is 1. The van der Waals surface area contributed by atoms with Crippen LogP contribution in [-0.4, -0.2) is 25.5 Å². The van der Waals surface area contributed by atoms with Gasteiger partial charge < -0.3 is 15.0 Å². The summed E-state index contributed by atoms with van der Waals surface area (Å²) in [5, 5.41) is 3.25. The molecule has 0 radical (unpaired) electrons. The van der Waals surface area contributed by atoms with Crippen LogP contribution in [0, 0.1) is 11.6 Å². The summed E-state index contributed by atoms with van der Waals surface area (Å²) in [7, 11) is 0. The lowest BCUT2D eigenvalue weighted by Crippen LogP contribution is -2.48. The number of benzene rings is 2. The van der Waals surface area contributed by atoms with Gasteiger partial charge in [-0.1, -0.05) is 17.7 Å². The van der Waals surface area contributed by atoms with E-state index in [0.717, 1.165) is 0 Å². The van der Waals surface area contributed by atoms with Crippen LogP contribution in [0.5, 0.6) is 5.75 Å². The summed E-state index contributed by atoms with van der Waals surface area (Å²) in [6, 6.07) is 8.40. The molecule has 1 aliphatic heterocycles. The number of hydrogen-bond donors (Lipinski definition) is 1. The van der Waals surface area contributed by atoms with Gasteiger partial charge >= 0.3 is 0 Å². The second kappa shape index (κ2) is 7.15. The molecule has 0 saturated carbocycles. The van der Waals surface area contributed by atoms with Gasteiger partial charge in [0.2, 0.25) is 5.91 Å². The summed E-state index contributed by atoms with van der Waals surface area (Å²) in [4.78, 5) is 13.5. The van der Waals surface area contributed by atoms with Gasteiger partial charge in [-0.2, -0.15) is 0 Å². The summed E-state index contributed by atoms with van der Waals surface area (Å²) in [6.07, 6.45) is 0. The Morgan fingerprint density at radius 1 is 1.17 bits per heavy atom. The number of carbonyl (C=O) groups excluding carboxylic acids is 1. The van der Waals surface area contributed by atoms with E-state index >= 15 is 0 Å². The molecule has 0 unspecified atom stereocenters. The maximum Gasteiger partial charge on any atom is 0.240 e. The topological polar surface area (TPSA) is 41.6 Å². The molecule has 1 saturated heterocycles. The lowest BCUT2D eigenvalue weighted by atomic mass is 10.2. The number of nitrogens with zero attached hydrogens (tertiary/aromatic N) is 1. The molecule has 2 aromatic carbocycles. The average molecular weight is 353 g/mol. The van der Waals surface area contributed by atoms with Crippen molar-refractivity contribution in [1.29, 1.82) is 0 Å². The number of rotatable bonds is 4. The van der Waals surface area contributed by atoms with E-state index in [9.17, 15) is 13.6 Å². The van der Waals surface area contributed by atoms with Crippen molar-refractivity contribution in [3.8, 4) is 5.75 Å². The second-order valence-corrected chi connectivity index (χ2v) is 5.80. The van der Waals surface area contributed by atoms with Gasteiger partial charge in [-0.3, -0.25) is 4.79 Å². The minimum atomic E-state index is -0.573. The third-order valence-corrected chi connectivity index (χ3v) is 3.95. The predicted molar refractivity (Wildman–Crippen MR) is 87.4 cm³/mol. The smallest absolute Gasteiger partial charge is 0.240 e. The molecular weight excluding hydrogens is 338 g/mol. The van der Waals surface area contributed by atoms with Crippen LogP contribution in [0.25, 0.3) is 0 Å². The fourth-order valence-electron chi connectivity index (χ4n) is 2.44. The number of anilines is 1. The van der Waals surface area contributed by atoms with Crippen LogP contribution < -0.4 is 15.0 Å². The Kier molecular flexibility index (Phi) is 4.97. The molecule has 0 aromatic heterocycles. The van der Waals surface area contributed by atoms with Crippen LogP contribution in [0.4, 0.5) is 14.5 Å². The van der Waals surface area contributed by atoms with Crippen LogP contribution in [0.15, 0.2) is 36.4 Å². The van der Waals surface area contributed by atoms with Gasteiger partial charge in [-0.25, -0.2) is 8.78 Å². The molecule has 0 atom stereocenters. The molecule has 0 aliphatic carbocycles. The molecule has 2 aromatic rings. The van der Waals surface area contributed by atoms with E-state index in [2.05, 4.69) is 5.32 Å². The second-order valence-electron chi connectivity index (χ2n) is 5.36. The molecule has 3 rings (SSSR count). The molecule has 4 nitrogen and oxygen atoms in total. The number of hydrogen-bond acceptors (Lipinski definition) is 3. The van der Waals surface area contributed by atoms with Crippen LogP contribution in [-0.2, 0) is 11.4 Å². The molecule has 1 heterocycles. The van der Waals surface area contributed by atoms with Crippen molar-refractivity contribution in [1.82, 2.24) is 5.32 Å². The molecule has 24 heavy (non-hydrogen) atoms. The highest BCUT2D eigenvalue weighted by molar-refractivity contribution is 6.30. The fraction of sp³-hybridized carbons (Fsp3) is 0.235. The van der Waals surface area contributed by atoms with Crippen molar-refractivity contribution in [3.05, 3.63) is 58.6 Å². The lowest BCUT2D eigenvalue weighted by Gasteiger charge is -2.27. The Bertz CT molecular complexity index is 770. The third-order valence-electron chi connectivity index (χ3n) is 3.71. The molecule has 1 aliphatic rings. The summed E-state index contributed by atoms with van der Waals surface area (Å²) in [5.74, 6) is -1.22. The van der Waals surface area contributed by atoms with Crippen LogP contribution in [0.1, 0.15) is 5.56 Å². The standard InChI is InChI=1S/C17H15ClF2N2O2/c18-12-2-1-11(15(20)7-12)10-24-16-8-13(3-4-14(16)19)22-6-5-21-9-17(22)23/h1-4,7-8,21H,5-6,9-10H2. The Labute approximate surface area is 143 Å². The molecule has 0 spiro atoms. The van der Waals surface area contributed by atoms with E-state index in [0.29, 0.717) is 18.8 Å². The monoisotopic (exact) mass is 352 g/mol. The van der Waals surface area contributed by atoms with Crippen molar-refractivity contribution < 1.29 is 18.3 Å². The average Bonchev–Trinajstić information content (AvgIpc) is 2.56. The summed E-state index contributed by atoms with van der Waals surface area (Å²) >= 11 is 5.70. The van der Waals surface area contributed by atoms with E-state index in [-0.39, 0.29) is 35.4 Å². The first kappa shape index (κ1) is 16.7. The minimum Gasteiger partial charge on any atom is -0.486 e. The first-order chi connectivity index (χ1) is 11.5. The Morgan fingerprint density at radius 2 is 2.00 bits per heavy atom. The highest BCUT2D eigenvalue weighted by Gasteiger charge is 2.20. The molecule has 7 heteroatoms. The largest absolute Gasteiger partial charge is 0.486 e. The van der Waals surface area contributed by atoms with Crippen molar-refractivity contribution in [2.45, 2.75) is 6.61 Å². The Hall–Kier alpha value is -2.18. The van der Waals surface area contributed by atoms with Crippen molar-refractivity contribution in [2.75, 3.05) is 24.5 Å². The number of carbonyl (C=O) groups is 1. The van der Waals surface area contributed by atoms with E-state index in [1.54, 1.807) is 4.90 Å². The molecular formula is C17H15ClF2N2O2. The maximum absolute atomic E-state index is 13.9.